The zero-order valence-corrected chi connectivity index (χ0v) is 13.2. The van der Waals surface area contributed by atoms with E-state index in [-0.39, 0.29) is 17.2 Å². The van der Waals surface area contributed by atoms with Crippen molar-refractivity contribution < 1.29 is 14.7 Å². The topological polar surface area (TPSA) is 70.5 Å². The normalized spacial score (nSPS) is 23.6. The predicted octanol–water partition coefficient (Wildman–Crippen LogP) is 2.59. The Morgan fingerprint density at radius 3 is 2.57 bits per heavy atom. The van der Waals surface area contributed by atoms with Crippen molar-refractivity contribution in [1.29, 1.82) is 0 Å². The first-order valence-corrected chi connectivity index (χ1v) is 8.22. The van der Waals surface area contributed by atoms with E-state index in [2.05, 4.69) is 18.8 Å². The quantitative estimate of drug-likeness (QED) is 0.931. The van der Waals surface area contributed by atoms with E-state index in [0.29, 0.717) is 23.9 Å². The van der Waals surface area contributed by atoms with Crippen molar-refractivity contribution >= 4 is 23.2 Å². The van der Waals surface area contributed by atoms with Gasteiger partial charge in [-0.05, 0) is 24.7 Å². The molecule has 1 aliphatic carbocycles. The van der Waals surface area contributed by atoms with E-state index in [1.807, 2.05) is 4.90 Å². The zero-order valence-electron chi connectivity index (χ0n) is 12.3. The Balaban J connectivity index is 1.61. The van der Waals surface area contributed by atoms with Crippen LogP contribution in [0, 0.1) is 11.3 Å². The maximum Gasteiger partial charge on any atom is 0.307 e. The molecule has 1 aromatic heterocycles. The number of hydrogen-bond acceptors (Lipinski definition) is 4. The largest absolute Gasteiger partial charge is 0.481 e. The summed E-state index contributed by atoms with van der Waals surface area (Å²) in [6.07, 6.45) is 4.07. The summed E-state index contributed by atoms with van der Waals surface area (Å²) >= 11 is 1.47. The number of carboxylic acids is 1. The fraction of sp³-hybridized carbons (Fsp3) is 0.667. The Hall–Kier alpha value is -1.43. The second-order valence-corrected chi connectivity index (χ2v) is 7.53. The molecule has 1 atom stereocenters. The fourth-order valence-electron chi connectivity index (χ4n) is 3.21. The molecule has 2 fully saturated rings. The van der Waals surface area contributed by atoms with E-state index in [9.17, 15) is 9.59 Å². The Kier molecular flexibility index (Phi) is 3.51. The molecule has 3 rings (SSSR count). The second-order valence-electron chi connectivity index (χ2n) is 6.47. The summed E-state index contributed by atoms with van der Waals surface area (Å²) in [5.41, 5.74) is -0.0284. The average Bonchev–Trinajstić information content (AvgIpc) is 2.94. The van der Waals surface area contributed by atoms with Crippen LogP contribution in [-0.2, 0) is 4.79 Å². The lowest BCUT2D eigenvalue weighted by Gasteiger charge is -2.32. The third kappa shape index (κ3) is 2.57. The van der Waals surface area contributed by atoms with Gasteiger partial charge in [0.15, 0.2) is 0 Å². The van der Waals surface area contributed by atoms with E-state index in [1.165, 1.54) is 11.3 Å². The molecule has 21 heavy (non-hydrogen) atoms. The number of amides is 1. The molecule has 0 radical (unpaired) electrons. The summed E-state index contributed by atoms with van der Waals surface area (Å²) in [7, 11) is 0. The van der Waals surface area contributed by atoms with Crippen LogP contribution in [0.2, 0.25) is 0 Å². The van der Waals surface area contributed by atoms with Gasteiger partial charge in [0, 0.05) is 19.0 Å². The number of piperidine rings is 1. The van der Waals surface area contributed by atoms with Gasteiger partial charge in [-0.25, -0.2) is 4.98 Å². The maximum absolute atomic E-state index is 12.5. The summed E-state index contributed by atoms with van der Waals surface area (Å²) in [5, 5.41) is 10.1. The lowest BCUT2D eigenvalue weighted by Crippen LogP contribution is -2.39. The van der Waals surface area contributed by atoms with Gasteiger partial charge < -0.3 is 10.0 Å². The first kappa shape index (κ1) is 14.5. The van der Waals surface area contributed by atoms with Crippen molar-refractivity contribution in [1.82, 2.24) is 9.88 Å². The number of thiazole rings is 1. The number of aliphatic carboxylic acids is 1. The molecule has 1 N–H and O–H groups in total. The van der Waals surface area contributed by atoms with E-state index < -0.39 is 5.97 Å². The number of carboxylic acid groups (broad SMARTS) is 1. The maximum atomic E-state index is 12.5. The average molecular weight is 308 g/mol. The van der Waals surface area contributed by atoms with Gasteiger partial charge in [0.2, 0.25) is 0 Å². The number of carbonyl (C=O) groups excluding carboxylic acids is 1. The molecule has 0 bridgehead atoms. The minimum atomic E-state index is -0.682. The van der Waals surface area contributed by atoms with Crippen LogP contribution in [0.5, 0.6) is 0 Å². The third-order valence-electron chi connectivity index (χ3n) is 4.76. The number of carbonyl (C=O) groups is 2. The summed E-state index contributed by atoms with van der Waals surface area (Å²) in [6.45, 7) is 5.46. The van der Waals surface area contributed by atoms with Crippen LogP contribution in [0.1, 0.15) is 53.7 Å². The van der Waals surface area contributed by atoms with Gasteiger partial charge in [-0.2, -0.15) is 0 Å². The van der Waals surface area contributed by atoms with Gasteiger partial charge >= 0.3 is 5.97 Å². The molecule has 1 aromatic rings. The molecular weight excluding hydrogens is 288 g/mol. The predicted molar refractivity (Wildman–Crippen MR) is 79.5 cm³/mol. The molecule has 0 aromatic carbocycles. The van der Waals surface area contributed by atoms with Crippen LogP contribution in [-0.4, -0.2) is 40.0 Å². The lowest BCUT2D eigenvalue weighted by atomic mass is 9.91. The van der Waals surface area contributed by atoms with Crippen LogP contribution in [0.4, 0.5) is 0 Å². The number of hydrogen-bond donors (Lipinski definition) is 1. The number of aromatic nitrogens is 1. The zero-order chi connectivity index (χ0) is 15.2. The molecule has 2 heterocycles. The monoisotopic (exact) mass is 308 g/mol. The molecule has 6 heteroatoms. The highest BCUT2D eigenvalue weighted by molar-refractivity contribution is 7.13. The molecule has 1 saturated carbocycles. The molecule has 5 nitrogen and oxygen atoms in total. The fourth-order valence-corrected chi connectivity index (χ4v) is 4.10. The van der Waals surface area contributed by atoms with Crippen molar-refractivity contribution in [3.63, 3.8) is 0 Å². The standard InChI is InChI=1S/C15H20N2O3S/c1-9(2)12-16-8-11(21-12)13(18)17-5-3-15(4-6-17)7-10(15)14(19)20/h8-10H,3-7H2,1-2H3,(H,19,20). The Bertz CT molecular complexity index is 573. The lowest BCUT2D eigenvalue weighted by molar-refractivity contribution is -0.139. The van der Waals surface area contributed by atoms with Crippen LogP contribution >= 0.6 is 11.3 Å². The second kappa shape index (κ2) is 5.09. The molecule has 1 saturated heterocycles. The number of likely N-dealkylation sites (tertiary alicyclic amines) is 1. The van der Waals surface area contributed by atoms with E-state index in [0.717, 1.165) is 24.3 Å². The molecule has 2 aliphatic rings. The molecule has 1 spiro atoms. The first-order valence-electron chi connectivity index (χ1n) is 7.41. The van der Waals surface area contributed by atoms with Crippen LogP contribution in [0.3, 0.4) is 0 Å². The Morgan fingerprint density at radius 1 is 1.43 bits per heavy atom. The van der Waals surface area contributed by atoms with Gasteiger partial charge in [0.1, 0.15) is 4.88 Å². The van der Waals surface area contributed by atoms with Gasteiger partial charge in [0.25, 0.3) is 5.91 Å². The summed E-state index contributed by atoms with van der Waals surface area (Å²) in [5.74, 6) is -0.491. The SMILES string of the molecule is CC(C)c1ncc(C(=O)N2CCC3(CC2)CC3C(=O)O)s1. The first-order chi connectivity index (χ1) is 9.93. The van der Waals surface area contributed by atoms with Crippen molar-refractivity contribution in [3.8, 4) is 0 Å². The van der Waals surface area contributed by atoms with Gasteiger partial charge in [-0.3, -0.25) is 9.59 Å². The molecule has 1 unspecified atom stereocenters. The minimum Gasteiger partial charge on any atom is -0.481 e. The smallest absolute Gasteiger partial charge is 0.307 e. The molecule has 1 aliphatic heterocycles. The van der Waals surface area contributed by atoms with Crippen LogP contribution in [0.25, 0.3) is 0 Å². The molecular formula is C15H20N2O3S. The van der Waals surface area contributed by atoms with Crippen molar-refractivity contribution in [2.24, 2.45) is 11.3 Å². The molecule has 1 amide bonds. The number of rotatable bonds is 3. The van der Waals surface area contributed by atoms with Crippen LogP contribution < -0.4 is 0 Å². The summed E-state index contributed by atoms with van der Waals surface area (Å²) in [6, 6.07) is 0. The van der Waals surface area contributed by atoms with E-state index in [1.54, 1.807) is 6.20 Å². The van der Waals surface area contributed by atoms with Gasteiger partial charge in [-0.1, -0.05) is 13.8 Å². The minimum absolute atomic E-state index is 0.0284. The number of nitrogens with zero attached hydrogens (tertiary/aromatic N) is 2. The highest BCUT2D eigenvalue weighted by Gasteiger charge is 2.59. The van der Waals surface area contributed by atoms with Crippen LogP contribution in [0.15, 0.2) is 6.20 Å². The summed E-state index contributed by atoms with van der Waals surface area (Å²) < 4.78 is 0. The van der Waals surface area contributed by atoms with Gasteiger partial charge in [-0.15, -0.1) is 11.3 Å². The highest BCUT2D eigenvalue weighted by atomic mass is 32.1. The van der Waals surface area contributed by atoms with E-state index >= 15 is 0 Å². The summed E-state index contributed by atoms with van der Waals surface area (Å²) in [4.78, 5) is 30.4. The third-order valence-corrected chi connectivity index (χ3v) is 6.05. The highest BCUT2D eigenvalue weighted by Crippen LogP contribution is 2.59. The van der Waals surface area contributed by atoms with Crippen molar-refractivity contribution in [3.05, 3.63) is 16.1 Å². The molecule has 114 valence electrons. The van der Waals surface area contributed by atoms with Crippen molar-refractivity contribution in [2.45, 2.75) is 39.0 Å². The Labute approximate surface area is 128 Å². The van der Waals surface area contributed by atoms with Crippen molar-refractivity contribution in [2.75, 3.05) is 13.1 Å². The van der Waals surface area contributed by atoms with E-state index in [4.69, 9.17) is 5.11 Å². The Morgan fingerprint density at radius 2 is 2.10 bits per heavy atom. The van der Waals surface area contributed by atoms with Gasteiger partial charge in [0.05, 0.1) is 17.1 Å².